The first-order valence-corrected chi connectivity index (χ1v) is 6.99. The average molecular weight is 306 g/mol. The molecule has 3 N–H and O–H groups in total. The quantitative estimate of drug-likeness (QED) is 0.726. The summed E-state index contributed by atoms with van der Waals surface area (Å²) in [6, 6.07) is 4.00. The van der Waals surface area contributed by atoms with Gasteiger partial charge in [0.25, 0.3) is 5.91 Å². The van der Waals surface area contributed by atoms with Crippen molar-refractivity contribution in [1.29, 1.82) is 0 Å². The lowest BCUT2D eigenvalue weighted by Crippen LogP contribution is -2.45. The van der Waals surface area contributed by atoms with Crippen LogP contribution in [0.4, 0.5) is 4.79 Å². The molecule has 0 spiro atoms. The van der Waals surface area contributed by atoms with Crippen molar-refractivity contribution in [3.63, 3.8) is 0 Å². The van der Waals surface area contributed by atoms with E-state index in [0.717, 1.165) is 18.4 Å². The molecule has 1 aromatic carbocycles. The molecule has 0 aliphatic heterocycles. The molecule has 0 aromatic heterocycles. The number of amides is 3. The Hall–Kier alpha value is -2.57. The van der Waals surface area contributed by atoms with Crippen molar-refractivity contribution in [3.8, 4) is 5.75 Å². The van der Waals surface area contributed by atoms with Gasteiger partial charge in [0, 0.05) is 6.04 Å². The smallest absolute Gasteiger partial charge is 0.342 e. The van der Waals surface area contributed by atoms with Gasteiger partial charge in [-0.25, -0.2) is 9.59 Å². The van der Waals surface area contributed by atoms with Gasteiger partial charge in [-0.05, 0) is 44.4 Å². The predicted octanol–water partition coefficient (Wildman–Crippen LogP) is 1.23. The zero-order chi connectivity index (χ0) is 16.3. The number of aryl methyl sites for hydroxylation is 1. The number of urea groups is 1. The summed E-state index contributed by atoms with van der Waals surface area (Å²) in [7, 11) is 0. The molecule has 118 valence electrons. The van der Waals surface area contributed by atoms with Crippen molar-refractivity contribution in [1.82, 2.24) is 10.6 Å². The summed E-state index contributed by atoms with van der Waals surface area (Å²) in [5.74, 6) is -1.77. The molecule has 1 saturated carbocycles. The van der Waals surface area contributed by atoms with Gasteiger partial charge in [-0.15, -0.1) is 0 Å². The zero-order valence-corrected chi connectivity index (χ0v) is 12.4. The Morgan fingerprint density at radius 2 is 2.00 bits per heavy atom. The van der Waals surface area contributed by atoms with E-state index in [-0.39, 0.29) is 17.4 Å². The maximum Gasteiger partial charge on any atom is 0.342 e. The van der Waals surface area contributed by atoms with Crippen LogP contribution in [0.15, 0.2) is 18.2 Å². The molecule has 1 atom stereocenters. The van der Waals surface area contributed by atoms with E-state index >= 15 is 0 Å². The standard InChI is InChI=1S/C15H18N2O5/c1-8-3-6-11(12(18)7-8)14(20)22-9(2)13(19)17-15(21)16-10-4-5-10/h3,6-7,9-10,18H,4-5H2,1-2H3,(H2,16,17,19,21)/t9-/m1/s1. The molecular weight excluding hydrogens is 288 g/mol. The molecule has 0 unspecified atom stereocenters. The maximum absolute atomic E-state index is 11.9. The van der Waals surface area contributed by atoms with Crippen molar-refractivity contribution in [2.45, 2.75) is 38.8 Å². The second kappa shape index (κ2) is 6.46. The number of nitrogens with one attached hydrogen (secondary N) is 2. The van der Waals surface area contributed by atoms with Crippen LogP contribution in [0, 0.1) is 6.92 Å². The summed E-state index contributed by atoms with van der Waals surface area (Å²) < 4.78 is 4.95. The van der Waals surface area contributed by atoms with Crippen LogP contribution in [0.1, 0.15) is 35.7 Å². The van der Waals surface area contributed by atoms with E-state index in [4.69, 9.17) is 4.74 Å². The van der Waals surface area contributed by atoms with E-state index in [0.29, 0.717) is 0 Å². The van der Waals surface area contributed by atoms with Crippen LogP contribution >= 0.6 is 0 Å². The fourth-order valence-corrected chi connectivity index (χ4v) is 1.75. The fourth-order valence-electron chi connectivity index (χ4n) is 1.75. The molecule has 3 amide bonds. The van der Waals surface area contributed by atoms with Crippen LogP contribution in [-0.4, -0.2) is 35.2 Å². The molecule has 0 saturated heterocycles. The van der Waals surface area contributed by atoms with E-state index < -0.39 is 24.0 Å². The fraction of sp³-hybridized carbons (Fsp3) is 0.400. The van der Waals surface area contributed by atoms with Crippen molar-refractivity contribution in [2.75, 3.05) is 0 Å². The van der Waals surface area contributed by atoms with Crippen LogP contribution in [-0.2, 0) is 9.53 Å². The minimum atomic E-state index is -1.15. The number of hydrogen-bond acceptors (Lipinski definition) is 5. The van der Waals surface area contributed by atoms with Gasteiger partial charge in [-0.2, -0.15) is 0 Å². The second-order valence-electron chi connectivity index (χ2n) is 5.31. The molecule has 1 aliphatic rings. The Kier molecular flexibility index (Phi) is 4.65. The zero-order valence-electron chi connectivity index (χ0n) is 12.4. The molecule has 1 aliphatic carbocycles. The average Bonchev–Trinajstić information content (AvgIpc) is 3.21. The Bertz CT molecular complexity index is 610. The number of phenolic OH excluding ortho intramolecular Hbond substituents is 1. The molecule has 2 rings (SSSR count). The SMILES string of the molecule is Cc1ccc(C(=O)O[C@H](C)C(=O)NC(=O)NC2CC2)c(O)c1. The van der Waals surface area contributed by atoms with Gasteiger partial charge < -0.3 is 15.2 Å². The molecule has 0 radical (unpaired) electrons. The Morgan fingerprint density at radius 1 is 1.32 bits per heavy atom. The molecule has 7 nitrogen and oxygen atoms in total. The molecule has 22 heavy (non-hydrogen) atoms. The summed E-state index contributed by atoms with van der Waals surface area (Å²) in [4.78, 5) is 35.1. The van der Waals surface area contributed by atoms with Gasteiger partial charge in [-0.3, -0.25) is 10.1 Å². The van der Waals surface area contributed by atoms with Crippen LogP contribution in [0.5, 0.6) is 5.75 Å². The lowest BCUT2D eigenvalue weighted by atomic mass is 10.1. The highest BCUT2D eigenvalue weighted by Crippen LogP contribution is 2.20. The molecule has 1 fully saturated rings. The first-order chi connectivity index (χ1) is 10.4. The number of rotatable bonds is 4. The number of ether oxygens (including phenoxy) is 1. The first-order valence-electron chi connectivity index (χ1n) is 6.99. The minimum Gasteiger partial charge on any atom is -0.507 e. The first kappa shape index (κ1) is 15.8. The van der Waals surface area contributed by atoms with E-state index in [9.17, 15) is 19.5 Å². The Labute approximate surface area is 127 Å². The van der Waals surface area contributed by atoms with Crippen LogP contribution in [0.2, 0.25) is 0 Å². The van der Waals surface area contributed by atoms with Gasteiger partial charge in [0.2, 0.25) is 0 Å². The summed E-state index contributed by atoms with van der Waals surface area (Å²) >= 11 is 0. The largest absolute Gasteiger partial charge is 0.507 e. The molecule has 1 aromatic rings. The Balaban J connectivity index is 1.89. The topological polar surface area (TPSA) is 105 Å². The number of carbonyl (C=O) groups excluding carboxylic acids is 3. The number of imide groups is 1. The normalized spacial score (nSPS) is 14.8. The monoisotopic (exact) mass is 306 g/mol. The van der Waals surface area contributed by atoms with Crippen molar-refractivity contribution < 1.29 is 24.2 Å². The third-order valence-electron chi connectivity index (χ3n) is 3.18. The van der Waals surface area contributed by atoms with Crippen molar-refractivity contribution >= 4 is 17.9 Å². The molecule has 0 heterocycles. The lowest BCUT2D eigenvalue weighted by Gasteiger charge is -2.13. The van der Waals surface area contributed by atoms with Gasteiger partial charge in [0.15, 0.2) is 6.10 Å². The van der Waals surface area contributed by atoms with E-state index in [1.165, 1.54) is 19.1 Å². The van der Waals surface area contributed by atoms with Crippen LogP contribution < -0.4 is 10.6 Å². The van der Waals surface area contributed by atoms with Gasteiger partial charge in [0.05, 0.1) is 0 Å². The lowest BCUT2D eigenvalue weighted by molar-refractivity contribution is -0.127. The third-order valence-corrected chi connectivity index (χ3v) is 3.18. The Morgan fingerprint density at radius 3 is 2.59 bits per heavy atom. The highest BCUT2D eigenvalue weighted by molar-refractivity contribution is 5.99. The molecule has 0 bridgehead atoms. The highest BCUT2D eigenvalue weighted by Gasteiger charge is 2.26. The van der Waals surface area contributed by atoms with E-state index in [2.05, 4.69) is 10.6 Å². The number of phenols is 1. The summed E-state index contributed by atoms with van der Waals surface area (Å²) in [6.07, 6.45) is 0.649. The minimum absolute atomic E-state index is 0.0346. The number of aromatic hydroxyl groups is 1. The van der Waals surface area contributed by atoms with Crippen molar-refractivity contribution in [2.24, 2.45) is 0 Å². The highest BCUT2D eigenvalue weighted by atomic mass is 16.5. The molecular formula is C15H18N2O5. The number of carbonyl (C=O) groups is 3. The van der Waals surface area contributed by atoms with Gasteiger partial charge in [0.1, 0.15) is 11.3 Å². The van der Waals surface area contributed by atoms with E-state index in [1.807, 2.05) is 0 Å². The van der Waals surface area contributed by atoms with Crippen LogP contribution in [0.3, 0.4) is 0 Å². The van der Waals surface area contributed by atoms with Crippen LogP contribution in [0.25, 0.3) is 0 Å². The molecule has 7 heteroatoms. The van der Waals surface area contributed by atoms with Crippen molar-refractivity contribution in [3.05, 3.63) is 29.3 Å². The van der Waals surface area contributed by atoms with Gasteiger partial charge in [-0.1, -0.05) is 6.07 Å². The summed E-state index contributed by atoms with van der Waals surface area (Å²) in [5.41, 5.74) is 0.754. The number of esters is 1. The number of hydrogen-bond donors (Lipinski definition) is 3. The predicted molar refractivity (Wildman–Crippen MR) is 77.4 cm³/mol. The van der Waals surface area contributed by atoms with Gasteiger partial charge >= 0.3 is 12.0 Å². The maximum atomic E-state index is 11.9. The summed E-state index contributed by atoms with van der Waals surface area (Å²) in [6.45, 7) is 3.12. The number of benzene rings is 1. The van der Waals surface area contributed by atoms with E-state index in [1.54, 1.807) is 13.0 Å². The second-order valence-corrected chi connectivity index (χ2v) is 5.31. The summed E-state index contributed by atoms with van der Waals surface area (Å²) in [5, 5.41) is 14.4. The third kappa shape index (κ3) is 4.21.